The molecule has 0 spiro atoms. The van der Waals surface area contributed by atoms with Gasteiger partial charge in [-0.15, -0.1) is 0 Å². The van der Waals surface area contributed by atoms with Crippen LogP contribution in [-0.2, 0) is 6.54 Å². The van der Waals surface area contributed by atoms with Gasteiger partial charge < -0.3 is 10.4 Å². The molecule has 0 aliphatic carbocycles. The number of nitrogens with zero attached hydrogens (tertiary/aromatic N) is 1. The Morgan fingerprint density at radius 2 is 2.20 bits per heavy atom. The molecular weight excluding hydrogens is 196 g/mol. The minimum absolute atomic E-state index is 0.0145. The molecule has 1 rings (SSSR count). The number of aliphatic hydroxyl groups is 1. The highest BCUT2D eigenvalue weighted by Crippen LogP contribution is 2.17. The molecule has 5 heteroatoms. The van der Waals surface area contributed by atoms with Gasteiger partial charge in [-0.1, -0.05) is 18.2 Å². The quantitative estimate of drug-likeness (QED) is 0.563. The number of nitro groups is 1. The summed E-state index contributed by atoms with van der Waals surface area (Å²) < 4.78 is 0. The molecule has 0 radical (unpaired) electrons. The smallest absolute Gasteiger partial charge is 0.273 e. The Labute approximate surface area is 87.9 Å². The molecule has 0 fully saturated rings. The van der Waals surface area contributed by atoms with E-state index in [0.717, 1.165) is 0 Å². The summed E-state index contributed by atoms with van der Waals surface area (Å²) in [5.74, 6) is 0. The van der Waals surface area contributed by atoms with Gasteiger partial charge in [-0.05, 0) is 6.92 Å². The molecule has 1 atom stereocenters. The van der Waals surface area contributed by atoms with Crippen LogP contribution in [0.4, 0.5) is 5.69 Å². The van der Waals surface area contributed by atoms with Crippen LogP contribution in [0.5, 0.6) is 0 Å². The van der Waals surface area contributed by atoms with Gasteiger partial charge in [0.05, 0.1) is 11.5 Å². The average Bonchev–Trinajstić information content (AvgIpc) is 2.26. The van der Waals surface area contributed by atoms with Crippen molar-refractivity contribution in [3.63, 3.8) is 0 Å². The van der Waals surface area contributed by atoms with E-state index >= 15 is 0 Å². The number of hydrogen-bond donors (Lipinski definition) is 2. The summed E-state index contributed by atoms with van der Waals surface area (Å²) in [5.41, 5.74) is 0.734. The third kappa shape index (κ3) is 3.30. The molecule has 0 aromatic heterocycles. The van der Waals surface area contributed by atoms with E-state index in [2.05, 4.69) is 5.32 Å². The molecule has 15 heavy (non-hydrogen) atoms. The average molecular weight is 210 g/mol. The number of rotatable bonds is 5. The molecule has 0 heterocycles. The van der Waals surface area contributed by atoms with Gasteiger partial charge in [0.2, 0.25) is 0 Å². The van der Waals surface area contributed by atoms with Crippen LogP contribution in [0.3, 0.4) is 0 Å². The highest BCUT2D eigenvalue weighted by molar-refractivity contribution is 5.39. The Bertz CT molecular complexity index is 341. The molecule has 82 valence electrons. The van der Waals surface area contributed by atoms with Crippen molar-refractivity contribution in [2.45, 2.75) is 19.5 Å². The van der Waals surface area contributed by atoms with Crippen molar-refractivity contribution in [3.05, 3.63) is 39.9 Å². The van der Waals surface area contributed by atoms with E-state index in [9.17, 15) is 10.1 Å². The van der Waals surface area contributed by atoms with Crippen LogP contribution in [0.15, 0.2) is 24.3 Å². The predicted octanol–water partition coefficient (Wildman–Crippen LogP) is 1.07. The van der Waals surface area contributed by atoms with Crippen LogP contribution < -0.4 is 5.32 Å². The second kappa shape index (κ2) is 5.43. The van der Waals surface area contributed by atoms with E-state index in [1.165, 1.54) is 6.07 Å². The summed E-state index contributed by atoms with van der Waals surface area (Å²) in [5, 5.41) is 22.4. The van der Waals surface area contributed by atoms with Gasteiger partial charge >= 0.3 is 0 Å². The lowest BCUT2D eigenvalue weighted by atomic mass is 10.1. The lowest BCUT2D eigenvalue weighted by molar-refractivity contribution is -0.385. The van der Waals surface area contributed by atoms with E-state index in [1.807, 2.05) is 6.92 Å². The molecular formula is C10H14N2O3. The Balaban J connectivity index is 2.72. The van der Waals surface area contributed by atoms with Crippen LogP contribution in [0, 0.1) is 10.1 Å². The maximum atomic E-state index is 10.7. The topological polar surface area (TPSA) is 75.4 Å². The van der Waals surface area contributed by atoms with Crippen LogP contribution in [0.25, 0.3) is 0 Å². The second-order valence-electron chi connectivity index (χ2n) is 3.35. The summed E-state index contributed by atoms with van der Waals surface area (Å²) in [6.45, 7) is 2.22. The fraction of sp³-hybridized carbons (Fsp3) is 0.400. The van der Waals surface area contributed by atoms with Crippen molar-refractivity contribution in [1.29, 1.82) is 0 Å². The lowest BCUT2D eigenvalue weighted by Crippen LogP contribution is -2.28. The van der Waals surface area contributed by atoms with Crippen molar-refractivity contribution in [1.82, 2.24) is 5.32 Å². The number of aliphatic hydroxyl groups excluding tert-OH is 1. The maximum absolute atomic E-state index is 10.7. The van der Waals surface area contributed by atoms with E-state index in [4.69, 9.17) is 5.11 Å². The van der Waals surface area contributed by atoms with Gasteiger partial charge in [-0.2, -0.15) is 0 Å². The van der Waals surface area contributed by atoms with Crippen molar-refractivity contribution < 1.29 is 10.0 Å². The summed E-state index contributed by atoms with van der Waals surface area (Å²) in [7, 11) is 0. The summed E-state index contributed by atoms with van der Waals surface area (Å²) in [6, 6.07) is 6.51. The van der Waals surface area contributed by atoms with Crippen molar-refractivity contribution >= 4 is 5.69 Å². The Hall–Kier alpha value is -1.46. The molecule has 0 saturated heterocycles. The standard InChI is InChI=1S/C10H14N2O3/c1-8(7-13)11-6-9-4-2-3-5-10(9)12(14)15/h2-5,8,11,13H,6-7H2,1H3/t8-/m1/s1. The first-order valence-corrected chi connectivity index (χ1v) is 4.71. The molecule has 0 aliphatic rings. The van der Waals surface area contributed by atoms with Gasteiger partial charge in [0.15, 0.2) is 0 Å². The monoisotopic (exact) mass is 210 g/mol. The van der Waals surface area contributed by atoms with Crippen LogP contribution >= 0.6 is 0 Å². The third-order valence-electron chi connectivity index (χ3n) is 2.10. The van der Waals surface area contributed by atoms with Gasteiger partial charge in [0.1, 0.15) is 0 Å². The second-order valence-corrected chi connectivity index (χ2v) is 3.35. The van der Waals surface area contributed by atoms with Gasteiger partial charge in [-0.25, -0.2) is 0 Å². The fourth-order valence-corrected chi connectivity index (χ4v) is 1.19. The molecule has 0 aliphatic heterocycles. The van der Waals surface area contributed by atoms with E-state index in [-0.39, 0.29) is 18.3 Å². The number of nitro benzene ring substituents is 1. The summed E-state index contributed by atoms with van der Waals surface area (Å²) >= 11 is 0. The summed E-state index contributed by atoms with van der Waals surface area (Å²) in [4.78, 5) is 10.3. The Kier molecular flexibility index (Phi) is 4.20. The Morgan fingerprint density at radius 1 is 1.53 bits per heavy atom. The van der Waals surface area contributed by atoms with Crippen LogP contribution in [0.2, 0.25) is 0 Å². The number of benzene rings is 1. The number of nitrogens with one attached hydrogen (secondary N) is 1. The third-order valence-corrected chi connectivity index (χ3v) is 2.10. The molecule has 0 saturated carbocycles. The van der Waals surface area contributed by atoms with Gasteiger partial charge in [0, 0.05) is 24.2 Å². The zero-order chi connectivity index (χ0) is 11.3. The highest BCUT2D eigenvalue weighted by atomic mass is 16.6. The van der Waals surface area contributed by atoms with Crippen molar-refractivity contribution in [3.8, 4) is 0 Å². The molecule has 1 aromatic carbocycles. The van der Waals surface area contributed by atoms with E-state index in [0.29, 0.717) is 12.1 Å². The maximum Gasteiger partial charge on any atom is 0.273 e. The van der Waals surface area contributed by atoms with Crippen LogP contribution in [0.1, 0.15) is 12.5 Å². The highest BCUT2D eigenvalue weighted by Gasteiger charge is 2.12. The molecule has 0 bridgehead atoms. The number of para-hydroxylation sites is 1. The van der Waals surface area contributed by atoms with E-state index in [1.54, 1.807) is 18.2 Å². The zero-order valence-corrected chi connectivity index (χ0v) is 8.51. The van der Waals surface area contributed by atoms with Crippen molar-refractivity contribution in [2.24, 2.45) is 0 Å². The van der Waals surface area contributed by atoms with Crippen LogP contribution in [-0.4, -0.2) is 22.7 Å². The zero-order valence-electron chi connectivity index (χ0n) is 8.51. The van der Waals surface area contributed by atoms with E-state index < -0.39 is 4.92 Å². The molecule has 0 amide bonds. The molecule has 0 unspecified atom stereocenters. The van der Waals surface area contributed by atoms with Crippen molar-refractivity contribution in [2.75, 3.05) is 6.61 Å². The molecule has 1 aromatic rings. The number of hydrogen-bond acceptors (Lipinski definition) is 4. The van der Waals surface area contributed by atoms with Gasteiger partial charge in [-0.3, -0.25) is 10.1 Å². The largest absolute Gasteiger partial charge is 0.395 e. The molecule has 5 nitrogen and oxygen atoms in total. The summed E-state index contributed by atoms with van der Waals surface area (Å²) in [6.07, 6.45) is 0. The minimum atomic E-state index is -0.402. The normalized spacial score (nSPS) is 12.4. The Morgan fingerprint density at radius 3 is 2.80 bits per heavy atom. The predicted molar refractivity (Wildman–Crippen MR) is 56.5 cm³/mol. The fourth-order valence-electron chi connectivity index (χ4n) is 1.19. The minimum Gasteiger partial charge on any atom is -0.395 e. The lowest BCUT2D eigenvalue weighted by Gasteiger charge is -2.10. The molecule has 2 N–H and O–H groups in total. The first-order chi connectivity index (χ1) is 7.15. The first-order valence-electron chi connectivity index (χ1n) is 4.71. The van der Waals surface area contributed by atoms with Gasteiger partial charge in [0.25, 0.3) is 5.69 Å². The SMILES string of the molecule is C[C@H](CO)NCc1ccccc1[N+](=O)[O-]. The first kappa shape index (κ1) is 11.6.